The van der Waals surface area contributed by atoms with Crippen LogP contribution in [0.15, 0.2) is 18.2 Å². The second-order valence-electron chi connectivity index (χ2n) is 3.85. The molecule has 2 N–H and O–H groups in total. The minimum absolute atomic E-state index is 0.0736. The highest BCUT2D eigenvalue weighted by Gasteiger charge is 2.21. The molecule has 0 aliphatic heterocycles. The summed E-state index contributed by atoms with van der Waals surface area (Å²) in [5.41, 5.74) is 5.68. The van der Waals surface area contributed by atoms with Crippen molar-refractivity contribution in [2.24, 2.45) is 5.73 Å². The van der Waals surface area contributed by atoms with Gasteiger partial charge in [0.2, 0.25) is 0 Å². The first-order valence-corrected chi connectivity index (χ1v) is 5.79. The van der Waals surface area contributed by atoms with Gasteiger partial charge in [-0.25, -0.2) is 4.39 Å². The van der Waals surface area contributed by atoms with Crippen molar-refractivity contribution >= 4 is 17.5 Å². The molecule has 0 fully saturated rings. The summed E-state index contributed by atoms with van der Waals surface area (Å²) in [5.74, 6) is -0.747. The molecule has 1 rings (SSSR count). The normalized spacial score (nSPS) is 12.3. The molecule has 18 heavy (non-hydrogen) atoms. The van der Waals surface area contributed by atoms with E-state index >= 15 is 0 Å². The van der Waals surface area contributed by atoms with E-state index in [-0.39, 0.29) is 29.6 Å². The van der Waals surface area contributed by atoms with E-state index in [1.807, 2.05) is 0 Å². The van der Waals surface area contributed by atoms with E-state index < -0.39 is 11.9 Å². The molecule has 1 aromatic carbocycles. The van der Waals surface area contributed by atoms with Crippen LogP contribution in [0.1, 0.15) is 5.56 Å². The summed E-state index contributed by atoms with van der Waals surface area (Å²) in [5, 5.41) is 0.288. The van der Waals surface area contributed by atoms with Crippen LogP contribution in [0.3, 0.4) is 0 Å². The summed E-state index contributed by atoms with van der Waals surface area (Å²) in [6.07, 6.45) is -0.722. The van der Waals surface area contributed by atoms with E-state index in [9.17, 15) is 9.18 Å². The average Bonchev–Trinajstić information content (AvgIpc) is 2.35. The quantitative estimate of drug-likeness (QED) is 0.883. The lowest BCUT2D eigenvalue weighted by Crippen LogP contribution is -2.41. The molecule has 0 saturated heterocycles. The summed E-state index contributed by atoms with van der Waals surface area (Å²) in [4.78, 5) is 13.2. The number of halogens is 2. The third kappa shape index (κ3) is 3.41. The summed E-state index contributed by atoms with van der Waals surface area (Å²) >= 11 is 5.89. The van der Waals surface area contributed by atoms with Crippen molar-refractivity contribution in [3.05, 3.63) is 34.6 Å². The molecule has 1 amide bonds. The maximum Gasteiger partial charge on any atom is 0.253 e. The van der Waals surface area contributed by atoms with Gasteiger partial charge in [0.25, 0.3) is 5.91 Å². The van der Waals surface area contributed by atoms with E-state index in [1.54, 1.807) is 13.1 Å². The highest BCUT2D eigenvalue weighted by atomic mass is 35.5. The predicted octanol–water partition coefficient (Wildman–Crippen LogP) is 1.41. The zero-order valence-electron chi connectivity index (χ0n) is 10.3. The molecule has 6 heteroatoms. The molecule has 0 aliphatic carbocycles. The first kappa shape index (κ1) is 14.9. The number of carbonyl (C=O) groups excluding carboxylic acids is 1. The van der Waals surface area contributed by atoms with Crippen LogP contribution in [-0.4, -0.2) is 37.6 Å². The molecule has 0 spiro atoms. The van der Waals surface area contributed by atoms with Gasteiger partial charge >= 0.3 is 0 Å². The monoisotopic (exact) mass is 274 g/mol. The maximum atomic E-state index is 13.6. The van der Waals surface area contributed by atoms with Crippen LogP contribution in [0.2, 0.25) is 5.02 Å². The lowest BCUT2D eigenvalue weighted by atomic mass is 10.2. The van der Waals surface area contributed by atoms with Crippen LogP contribution < -0.4 is 5.73 Å². The number of rotatable bonds is 5. The number of nitrogens with two attached hydrogens (primary N) is 1. The predicted molar refractivity (Wildman–Crippen MR) is 67.7 cm³/mol. The summed E-state index contributed by atoms with van der Waals surface area (Å²) < 4.78 is 18.5. The van der Waals surface area contributed by atoms with Crippen molar-refractivity contribution in [1.29, 1.82) is 0 Å². The Hall–Kier alpha value is -1.17. The molecule has 100 valence electrons. The second-order valence-corrected chi connectivity index (χ2v) is 4.26. The fourth-order valence-corrected chi connectivity index (χ4v) is 1.76. The van der Waals surface area contributed by atoms with Crippen molar-refractivity contribution in [1.82, 2.24) is 4.90 Å². The molecule has 0 bridgehead atoms. The Kier molecular flexibility index (Phi) is 5.53. The number of methoxy groups -OCH3 is 1. The minimum atomic E-state index is -0.722. The van der Waals surface area contributed by atoms with Crippen molar-refractivity contribution in [3.63, 3.8) is 0 Å². The molecule has 0 radical (unpaired) electrons. The van der Waals surface area contributed by atoms with Gasteiger partial charge < -0.3 is 15.4 Å². The van der Waals surface area contributed by atoms with Gasteiger partial charge in [-0.1, -0.05) is 17.7 Å². The largest absolute Gasteiger partial charge is 0.370 e. The topological polar surface area (TPSA) is 55.6 Å². The minimum Gasteiger partial charge on any atom is -0.370 e. The van der Waals surface area contributed by atoms with Crippen LogP contribution in [0.5, 0.6) is 0 Å². The zero-order valence-corrected chi connectivity index (χ0v) is 11.1. The van der Waals surface area contributed by atoms with Gasteiger partial charge in [-0.15, -0.1) is 0 Å². The molecule has 0 heterocycles. The van der Waals surface area contributed by atoms with Gasteiger partial charge in [0.1, 0.15) is 11.9 Å². The molecule has 1 atom stereocenters. The Morgan fingerprint density at radius 2 is 2.28 bits per heavy atom. The smallest absolute Gasteiger partial charge is 0.253 e. The molecular weight excluding hydrogens is 259 g/mol. The average molecular weight is 275 g/mol. The summed E-state index contributed by atoms with van der Waals surface area (Å²) in [6.45, 7) is 0.148. The van der Waals surface area contributed by atoms with Crippen molar-refractivity contribution < 1.29 is 13.9 Å². The number of carbonyl (C=O) groups is 1. The number of amides is 1. The van der Waals surface area contributed by atoms with Crippen LogP contribution >= 0.6 is 11.6 Å². The van der Waals surface area contributed by atoms with E-state index in [4.69, 9.17) is 22.1 Å². The van der Waals surface area contributed by atoms with Gasteiger partial charge in [-0.3, -0.25) is 4.79 Å². The van der Waals surface area contributed by atoms with Crippen LogP contribution in [0.25, 0.3) is 0 Å². The standard InChI is InChI=1S/C12H16ClFN2O2/c1-16(12(17)11(6-15)18-2)7-8-9(13)4-3-5-10(8)14/h3-5,11H,6-7,15H2,1-2H3. The highest BCUT2D eigenvalue weighted by molar-refractivity contribution is 6.31. The van der Waals surface area contributed by atoms with E-state index in [0.29, 0.717) is 0 Å². The van der Waals surface area contributed by atoms with Gasteiger partial charge in [0, 0.05) is 37.8 Å². The van der Waals surface area contributed by atoms with Gasteiger partial charge in [0.15, 0.2) is 0 Å². The summed E-state index contributed by atoms with van der Waals surface area (Å²) in [6, 6.07) is 4.39. The lowest BCUT2D eigenvalue weighted by molar-refractivity contribution is -0.140. The van der Waals surface area contributed by atoms with E-state index in [1.165, 1.54) is 24.1 Å². The van der Waals surface area contributed by atoms with Gasteiger partial charge in [-0.2, -0.15) is 0 Å². The third-order valence-electron chi connectivity index (χ3n) is 2.61. The molecule has 1 aromatic rings. The second kappa shape index (κ2) is 6.68. The summed E-state index contributed by atoms with van der Waals surface area (Å²) in [7, 11) is 2.95. The Morgan fingerprint density at radius 3 is 2.78 bits per heavy atom. The molecule has 0 saturated carbocycles. The molecule has 0 aromatic heterocycles. The number of hydrogen-bond acceptors (Lipinski definition) is 3. The Bertz CT molecular complexity index is 404. The van der Waals surface area contributed by atoms with E-state index in [2.05, 4.69) is 0 Å². The Balaban J connectivity index is 2.81. The first-order chi connectivity index (χ1) is 8.51. The first-order valence-electron chi connectivity index (χ1n) is 5.42. The molecule has 4 nitrogen and oxygen atoms in total. The number of benzene rings is 1. The number of likely N-dealkylation sites (N-methyl/N-ethyl adjacent to an activating group) is 1. The number of hydrogen-bond donors (Lipinski definition) is 1. The van der Waals surface area contributed by atoms with Crippen molar-refractivity contribution in [2.75, 3.05) is 20.7 Å². The molecule has 0 aliphatic rings. The van der Waals surface area contributed by atoms with Crippen LogP contribution in [0, 0.1) is 5.82 Å². The van der Waals surface area contributed by atoms with Crippen LogP contribution in [-0.2, 0) is 16.1 Å². The van der Waals surface area contributed by atoms with Crippen LogP contribution in [0.4, 0.5) is 4.39 Å². The third-order valence-corrected chi connectivity index (χ3v) is 2.96. The van der Waals surface area contributed by atoms with Crippen molar-refractivity contribution in [3.8, 4) is 0 Å². The Morgan fingerprint density at radius 1 is 1.61 bits per heavy atom. The fourth-order valence-electron chi connectivity index (χ4n) is 1.54. The lowest BCUT2D eigenvalue weighted by Gasteiger charge is -2.22. The van der Waals surface area contributed by atoms with Crippen molar-refractivity contribution in [2.45, 2.75) is 12.6 Å². The number of ether oxygens (including phenoxy) is 1. The SMILES string of the molecule is COC(CN)C(=O)N(C)Cc1c(F)cccc1Cl. The zero-order chi connectivity index (χ0) is 13.7. The Labute approximate surface area is 110 Å². The maximum absolute atomic E-state index is 13.6. The highest BCUT2D eigenvalue weighted by Crippen LogP contribution is 2.20. The fraction of sp³-hybridized carbons (Fsp3) is 0.417. The molecular formula is C12H16ClFN2O2. The van der Waals surface area contributed by atoms with Gasteiger partial charge in [0.05, 0.1) is 0 Å². The molecule has 1 unspecified atom stereocenters. The number of nitrogens with zero attached hydrogens (tertiary/aromatic N) is 1. The van der Waals surface area contributed by atoms with Gasteiger partial charge in [-0.05, 0) is 12.1 Å². The van der Waals surface area contributed by atoms with E-state index in [0.717, 1.165) is 0 Å².